The van der Waals surface area contributed by atoms with Crippen molar-refractivity contribution in [3.8, 4) is 0 Å². The Morgan fingerprint density at radius 3 is 2.74 bits per heavy atom. The minimum Gasteiger partial charge on any atom is -0.343 e. The van der Waals surface area contributed by atoms with Gasteiger partial charge < -0.3 is 4.52 Å². The van der Waals surface area contributed by atoms with Crippen LogP contribution in [-0.2, 0) is 16.2 Å². The highest BCUT2D eigenvalue weighted by molar-refractivity contribution is 7.89. The van der Waals surface area contributed by atoms with Crippen LogP contribution < -0.4 is 0 Å². The fraction of sp³-hybridized carbons (Fsp3) is 0.385. The van der Waals surface area contributed by atoms with E-state index < -0.39 is 21.8 Å². The van der Waals surface area contributed by atoms with E-state index in [-0.39, 0.29) is 23.9 Å². The molecule has 0 unspecified atom stereocenters. The molecule has 0 spiro atoms. The summed E-state index contributed by atoms with van der Waals surface area (Å²) in [5, 5.41) is 3.68. The lowest BCUT2D eigenvalue weighted by Crippen LogP contribution is -2.29. The summed E-state index contributed by atoms with van der Waals surface area (Å²) in [7, 11) is -4.00. The molecule has 1 aliphatic rings. The molecule has 0 amide bonds. The lowest BCUT2D eigenvalue weighted by Gasteiger charge is -2.17. The van der Waals surface area contributed by atoms with Gasteiger partial charge in [-0.05, 0) is 24.6 Å². The van der Waals surface area contributed by atoms with Gasteiger partial charge in [0.15, 0.2) is 5.82 Å². The quantitative estimate of drug-likeness (QED) is 0.851. The summed E-state index contributed by atoms with van der Waals surface area (Å²) >= 11 is 0. The van der Waals surface area contributed by atoms with Crippen molar-refractivity contribution in [2.75, 3.05) is 13.1 Å². The predicted molar refractivity (Wildman–Crippen MR) is 71.9 cm³/mol. The minimum atomic E-state index is -4.59. The molecular weight excluding hydrogens is 335 g/mol. The maximum absolute atomic E-state index is 12.7. The van der Waals surface area contributed by atoms with E-state index >= 15 is 0 Å². The van der Waals surface area contributed by atoms with Crippen LogP contribution in [0.5, 0.6) is 0 Å². The fourth-order valence-electron chi connectivity index (χ4n) is 2.50. The summed E-state index contributed by atoms with van der Waals surface area (Å²) < 4.78 is 69.1. The van der Waals surface area contributed by atoms with E-state index in [0.29, 0.717) is 18.3 Å². The largest absolute Gasteiger partial charge is 0.416 e. The van der Waals surface area contributed by atoms with Crippen LogP contribution in [0.15, 0.2) is 40.1 Å². The molecule has 1 aromatic heterocycles. The van der Waals surface area contributed by atoms with Crippen LogP contribution >= 0.6 is 0 Å². The summed E-state index contributed by atoms with van der Waals surface area (Å²) in [5.41, 5.74) is -0.993. The van der Waals surface area contributed by atoms with Crippen molar-refractivity contribution in [1.82, 2.24) is 14.4 Å². The maximum Gasteiger partial charge on any atom is 0.416 e. The zero-order valence-electron chi connectivity index (χ0n) is 11.7. The van der Waals surface area contributed by atoms with Gasteiger partial charge >= 0.3 is 6.18 Å². The lowest BCUT2D eigenvalue weighted by atomic mass is 10.1. The van der Waals surface area contributed by atoms with Crippen LogP contribution in [0.4, 0.5) is 13.2 Å². The third kappa shape index (κ3) is 3.08. The minimum absolute atomic E-state index is 0.109. The van der Waals surface area contributed by atoms with Gasteiger partial charge in [0.1, 0.15) is 0 Å². The second kappa shape index (κ2) is 5.60. The zero-order valence-corrected chi connectivity index (χ0v) is 12.5. The maximum atomic E-state index is 12.7. The van der Waals surface area contributed by atoms with Crippen LogP contribution in [0.1, 0.15) is 23.7 Å². The first-order valence-corrected chi connectivity index (χ1v) is 8.16. The van der Waals surface area contributed by atoms with Gasteiger partial charge in [0.05, 0.1) is 10.5 Å². The molecule has 23 heavy (non-hydrogen) atoms. The second-order valence-corrected chi connectivity index (χ2v) is 7.10. The summed E-state index contributed by atoms with van der Waals surface area (Å²) in [6.45, 7) is 0.301. The number of alkyl halides is 3. The summed E-state index contributed by atoms with van der Waals surface area (Å²) in [4.78, 5) is 3.51. The Morgan fingerprint density at radius 1 is 1.30 bits per heavy atom. The van der Waals surface area contributed by atoms with Crippen molar-refractivity contribution in [1.29, 1.82) is 0 Å². The van der Waals surface area contributed by atoms with Crippen LogP contribution in [0.2, 0.25) is 0 Å². The number of halogens is 3. The highest BCUT2D eigenvalue weighted by Crippen LogP contribution is 2.33. The van der Waals surface area contributed by atoms with E-state index in [9.17, 15) is 21.6 Å². The van der Waals surface area contributed by atoms with E-state index in [0.717, 1.165) is 28.9 Å². The summed E-state index contributed by atoms with van der Waals surface area (Å²) in [5.74, 6) is 0.168. The highest BCUT2D eigenvalue weighted by atomic mass is 32.2. The average molecular weight is 347 g/mol. The Bertz CT molecular complexity index is 790. The number of rotatable bonds is 3. The smallest absolute Gasteiger partial charge is 0.343 e. The lowest BCUT2D eigenvalue weighted by molar-refractivity contribution is -0.137. The molecule has 1 saturated heterocycles. The molecule has 2 aromatic rings. The fourth-order valence-corrected chi connectivity index (χ4v) is 4.04. The molecule has 0 radical (unpaired) electrons. The molecule has 0 aliphatic carbocycles. The Kier molecular flexibility index (Phi) is 3.88. The van der Waals surface area contributed by atoms with E-state index in [4.69, 9.17) is 0 Å². The molecule has 0 N–H and O–H groups in total. The van der Waals surface area contributed by atoms with Crippen LogP contribution in [-0.4, -0.2) is 36.0 Å². The number of sulfonamides is 1. The first-order chi connectivity index (χ1) is 10.8. The molecule has 124 valence electrons. The number of aromatic nitrogens is 2. The highest BCUT2D eigenvalue weighted by Gasteiger charge is 2.37. The van der Waals surface area contributed by atoms with Gasteiger partial charge in [-0.25, -0.2) is 8.42 Å². The second-order valence-electron chi connectivity index (χ2n) is 5.16. The first-order valence-electron chi connectivity index (χ1n) is 6.72. The van der Waals surface area contributed by atoms with Crippen molar-refractivity contribution in [3.05, 3.63) is 42.0 Å². The Labute approximate surface area is 130 Å². The van der Waals surface area contributed by atoms with Gasteiger partial charge in [0.2, 0.25) is 16.4 Å². The van der Waals surface area contributed by atoms with Crippen molar-refractivity contribution < 1.29 is 26.1 Å². The molecule has 2 heterocycles. The van der Waals surface area contributed by atoms with E-state index in [1.165, 1.54) is 0 Å². The predicted octanol–water partition coefficient (Wildman–Crippen LogP) is 2.27. The normalized spacial score (nSPS) is 20.0. The monoisotopic (exact) mass is 347 g/mol. The van der Waals surface area contributed by atoms with Gasteiger partial charge in [-0.15, -0.1) is 0 Å². The molecule has 6 nitrogen and oxygen atoms in total. The van der Waals surface area contributed by atoms with Crippen molar-refractivity contribution in [3.63, 3.8) is 0 Å². The van der Waals surface area contributed by atoms with Gasteiger partial charge in [-0.2, -0.15) is 22.5 Å². The SMILES string of the molecule is O=S(=O)(c1cccc(C(F)(F)F)c1)N1CC[C@@H](c2ncon2)C1. The summed E-state index contributed by atoms with van der Waals surface area (Å²) in [6.07, 6.45) is -2.96. The molecule has 1 aromatic carbocycles. The van der Waals surface area contributed by atoms with Crippen molar-refractivity contribution in [2.45, 2.75) is 23.4 Å². The number of hydrogen-bond donors (Lipinski definition) is 0. The Hall–Kier alpha value is -1.94. The topological polar surface area (TPSA) is 76.3 Å². The summed E-state index contributed by atoms with van der Waals surface area (Å²) in [6, 6.07) is 3.73. The molecule has 10 heteroatoms. The van der Waals surface area contributed by atoms with Crippen molar-refractivity contribution in [2.24, 2.45) is 0 Å². The Morgan fingerprint density at radius 2 is 2.09 bits per heavy atom. The van der Waals surface area contributed by atoms with Crippen LogP contribution in [0.3, 0.4) is 0 Å². The first kappa shape index (κ1) is 15.9. The van der Waals surface area contributed by atoms with Gasteiger partial charge in [0.25, 0.3) is 0 Å². The van der Waals surface area contributed by atoms with E-state index in [2.05, 4.69) is 14.7 Å². The van der Waals surface area contributed by atoms with Crippen molar-refractivity contribution >= 4 is 10.0 Å². The standard InChI is InChI=1S/C13H12F3N3O3S/c14-13(15,16)10-2-1-3-11(6-10)23(20,21)19-5-4-9(7-19)12-17-8-22-18-12/h1-3,6,8-9H,4-5,7H2/t9-/m1/s1. The molecule has 0 saturated carbocycles. The van der Waals surface area contributed by atoms with Gasteiger partial charge in [-0.1, -0.05) is 11.2 Å². The van der Waals surface area contributed by atoms with E-state index in [1.54, 1.807) is 0 Å². The molecular formula is C13H12F3N3O3S. The van der Waals surface area contributed by atoms with Gasteiger partial charge in [0, 0.05) is 19.0 Å². The third-order valence-electron chi connectivity index (χ3n) is 3.69. The van der Waals surface area contributed by atoms with Gasteiger partial charge in [-0.3, -0.25) is 0 Å². The Balaban J connectivity index is 1.85. The third-order valence-corrected chi connectivity index (χ3v) is 5.55. The molecule has 3 rings (SSSR count). The van der Waals surface area contributed by atoms with Crippen LogP contribution in [0, 0.1) is 0 Å². The molecule has 0 bridgehead atoms. The van der Waals surface area contributed by atoms with Crippen LogP contribution in [0.25, 0.3) is 0 Å². The molecule has 1 fully saturated rings. The average Bonchev–Trinajstić information content (AvgIpc) is 3.17. The number of benzene rings is 1. The number of nitrogens with zero attached hydrogens (tertiary/aromatic N) is 3. The number of hydrogen-bond acceptors (Lipinski definition) is 5. The molecule has 1 aliphatic heterocycles. The molecule has 1 atom stereocenters. The van der Waals surface area contributed by atoms with E-state index in [1.807, 2.05) is 0 Å². The zero-order chi connectivity index (χ0) is 16.7.